The summed E-state index contributed by atoms with van der Waals surface area (Å²) in [5.41, 5.74) is 0. The van der Waals surface area contributed by atoms with E-state index in [0.717, 1.165) is 17.2 Å². The van der Waals surface area contributed by atoms with Gasteiger partial charge in [0, 0.05) is 20.0 Å². The number of anilines is 1. The molecule has 0 aliphatic rings. The van der Waals surface area contributed by atoms with Gasteiger partial charge in [-0.05, 0) is 0 Å². The topological polar surface area (TPSA) is 81.9 Å². The fraction of sp³-hybridized carbons (Fsp3) is 0.400. The Morgan fingerprint density at radius 2 is 2.42 bits per heavy atom. The average Bonchev–Trinajstić information content (AvgIpc) is 2.95. The number of ether oxygens (including phenoxy) is 1. The maximum Gasteiger partial charge on any atom is 0.351 e. The summed E-state index contributed by atoms with van der Waals surface area (Å²) < 4.78 is 6.25. The highest BCUT2D eigenvalue weighted by atomic mass is 35.5. The largest absolute Gasteiger partial charge is 0.465 e. The maximum absolute atomic E-state index is 11.4. The van der Waals surface area contributed by atoms with Crippen LogP contribution in [0.2, 0.25) is 5.15 Å². The number of esters is 1. The smallest absolute Gasteiger partial charge is 0.351 e. The van der Waals surface area contributed by atoms with Gasteiger partial charge in [0.2, 0.25) is 0 Å². The Morgan fingerprint density at radius 1 is 1.63 bits per heavy atom. The zero-order valence-electron chi connectivity index (χ0n) is 10.4. The third-order valence-corrected chi connectivity index (χ3v) is 3.61. The van der Waals surface area contributed by atoms with Crippen LogP contribution in [0.3, 0.4) is 0 Å². The molecule has 0 spiro atoms. The fourth-order valence-corrected chi connectivity index (χ4v) is 2.50. The first-order valence-corrected chi connectivity index (χ1v) is 6.62. The average molecular weight is 302 g/mol. The molecule has 2 rings (SSSR count). The molecule has 19 heavy (non-hydrogen) atoms. The van der Waals surface area contributed by atoms with Crippen LogP contribution < -0.4 is 5.32 Å². The Balaban J connectivity index is 1.91. The van der Waals surface area contributed by atoms with Crippen molar-refractivity contribution < 1.29 is 9.53 Å². The fourth-order valence-electron chi connectivity index (χ4n) is 1.38. The Morgan fingerprint density at radius 3 is 3.05 bits per heavy atom. The number of aromatic nitrogens is 4. The van der Waals surface area contributed by atoms with Gasteiger partial charge in [0.25, 0.3) is 0 Å². The number of thiazole rings is 1. The molecule has 0 bridgehead atoms. The molecule has 9 heteroatoms. The lowest BCUT2D eigenvalue weighted by Gasteiger charge is -1.98. The van der Waals surface area contributed by atoms with Gasteiger partial charge in [-0.25, -0.2) is 14.8 Å². The number of hydrogen-bond acceptors (Lipinski definition) is 7. The quantitative estimate of drug-likeness (QED) is 0.840. The number of nitrogens with one attached hydrogen (secondary N) is 1. The highest BCUT2D eigenvalue weighted by Crippen LogP contribution is 2.27. The minimum absolute atomic E-state index is 0.148. The van der Waals surface area contributed by atoms with Crippen molar-refractivity contribution in [3.8, 4) is 0 Å². The van der Waals surface area contributed by atoms with E-state index in [9.17, 15) is 4.79 Å². The second-order valence-corrected chi connectivity index (χ2v) is 5.00. The molecule has 0 aromatic carbocycles. The number of methoxy groups -OCH3 is 1. The summed E-state index contributed by atoms with van der Waals surface area (Å²) in [4.78, 5) is 19.8. The molecule has 102 valence electrons. The van der Waals surface area contributed by atoms with E-state index < -0.39 is 5.97 Å². The number of carbonyl (C=O) groups is 1. The Hall–Kier alpha value is -1.67. The molecule has 0 fully saturated rings. The van der Waals surface area contributed by atoms with Gasteiger partial charge in [-0.3, -0.25) is 4.68 Å². The zero-order chi connectivity index (χ0) is 13.8. The molecule has 0 atom stereocenters. The van der Waals surface area contributed by atoms with Gasteiger partial charge in [0.15, 0.2) is 21.0 Å². The number of nitrogens with zero attached hydrogens (tertiary/aromatic N) is 4. The number of rotatable bonds is 5. The van der Waals surface area contributed by atoms with Gasteiger partial charge in [-0.1, -0.05) is 22.9 Å². The second kappa shape index (κ2) is 5.98. The predicted octanol–water partition coefficient (Wildman–Crippen LogP) is 1.37. The van der Waals surface area contributed by atoms with Gasteiger partial charge in [-0.15, -0.1) is 0 Å². The standard InChI is InChI=1S/C10H12ClN5O2S/c1-16-5-13-6(15-16)3-4-12-10-14-8(11)7(19-10)9(17)18-2/h5H,3-4H2,1-2H3,(H,12,14). The molecular formula is C10H12ClN5O2S. The van der Waals surface area contributed by atoms with E-state index in [1.54, 1.807) is 11.0 Å². The number of aryl methyl sites for hydroxylation is 1. The van der Waals surface area contributed by atoms with E-state index in [4.69, 9.17) is 11.6 Å². The maximum atomic E-state index is 11.4. The third-order valence-electron chi connectivity index (χ3n) is 2.23. The van der Waals surface area contributed by atoms with Crippen molar-refractivity contribution in [1.29, 1.82) is 0 Å². The molecular weight excluding hydrogens is 290 g/mol. The van der Waals surface area contributed by atoms with Crippen LogP contribution >= 0.6 is 22.9 Å². The number of carbonyl (C=O) groups excluding carboxylic acids is 1. The minimum atomic E-state index is -0.484. The predicted molar refractivity (Wildman–Crippen MR) is 71.7 cm³/mol. The SMILES string of the molecule is COC(=O)c1sc(NCCc2ncn(C)n2)nc1Cl. The van der Waals surface area contributed by atoms with Crippen LogP contribution in [0.1, 0.15) is 15.5 Å². The van der Waals surface area contributed by atoms with E-state index >= 15 is 0 Å². The Bertz CT molecular complexity index is 582. The van der Waals surface area contributed by atoms with Gasteiger partial charge < -0.3 is 10.1 Å². The van der Waals surface area contributed by atoms with Crippen molar-refractivity contribution in [1.82, 2.24) is 19.7 Å². The van der Waals surface area contributed by atoms with Crippen molar-refractivity contribution >= 4 is 34.0 Å². The highest BCUT2D eigenvalue weighted by Gasteiger charge is 2.17. The van der Waals surface area contributed by atoms with Gasteiger partial charge >= 0.3 is 5.97 Å². The molecule has 1 N–H and O–H groups in total. The molecule has 0 saturated heterocycles. The molecule has 0 unspecified atom stereocenters. The van der Waals surface area contributed by atoms with Crippen molar-refractivity contribution in [2.75, 3.05) is 19.0 Å². The summed E-state index contributed by atoms with van der Waals surface area (Å²) in [5, 5.41) is 7.94. The first-order valence-electron chi connectivity index (χ1n) is 5.43. The molecule has 0 aliphatic heterocycles. The Labute approximate surface area is 118 Å². The van der Waals surface area contributed by atoms with Crippen LogP contribution in [0.5, 0.6) is 0 Å². The molecule has 7 nitrogen and oxygen atoms in total. The van der Waals surface area contributed by atoms with Crippen LogP contribution in [0.4, 0.5) is 5.13 Å². The Kier molecular flexibility index (Phi) is 4.33. The van der Waals surface area contributed by atoms with Crippen LogP contribution in [-0.4, -0.2) is 39.4 Å². The first kappa shape index (κ1) is 13.8. The highest BCUT2D eigenvalue weighted by molar-refractivity contribution is 7.18. The molecule has 0 aliphatic carbocycles. The van der Waals surface area contributed by atoms with Crippen molar-refractivity contribution in [3.05, 3.63) is 22.2 Å². The number of halogens is 1. The van der Waals surface area contributed by atoms with Crippen LogP contribution in [0.15, 0.2) is 6.33 Å². The molecule has 2 aromatic heterocycles. The minimum Gasteiger partial charge on any atom is -0.465 e. The van der Waals surface area contributed by atoms with Crippen LogP contribution in [0.25, 0.3) is 0 Å². The van der Waals surface area contributed by atoms with E-state index in [1.807, 2.05) is 7.05 Å². The van der Waals surface area contributed by atoms with E-state index in [1.165, 1.54) is 7.11 Å². The summed E-state index contributed by atoms with van der Waals surface area (Å²) >= 11 is 7.01. The summed E-state index contributed by atoms with van der Waals surface area (Å²) in [6.07, 6.45) is 2.30. The molecule has 2 aromatic rings. The van der Waals surface area contributed by atoms with Crippen LogP contribution in [-0.2, 0) is 18.2 Å². The van der Waals surface area contributed by atoms with Crippen molar-refractivity contribution in [2.45, 2.75) is 6.42 Å². The van der Waals surface area contributed by atoms with Crippen molar-refractivity contribution in [2.24, 2.45) is 7.05 Å². The van der Waals surface area contributed by atoms with Gasteiger partial charge in [0.1, 0.15) is 6.33 Å². The second-order valence-electron chi connectivity index (χ2n) is 3.64. The monoisotopic (exact) mass is 301 g/mol. The zero-order valence-corrected chi connectivity index (χ0v) is 12.0. The summed E-state index contributed by atoms with van der Waals surface area (Å²) in [6.45, 7) is 0.606. The molecule has 0 radical (unpaired) electrons. The van der Waals surface area contributed by atoms with Crippen LogP contribution in [0, 0.1) is 0 Å². The lowest BCUT2D eigenvalue weighted by Crippen LogP contribution is -2.06. The van der Waals surface area contributed by atoms with E-state index in [-0.39, 0.29) is 5.15 Å². The first-order chi connectivity index (χ1) is 9.10. The van der Waals surface area contributed by atoms with Crippen molar-refractivity contribution in [3.63, 3.8) is 0 Å². The molecule has 0 saturated carbocycles. The summed E-state index contributed by atoms with van der Waals surface area (Å²) in [5.74, 6) is 0.257. The summed E-state index contributed by atoms with van der Waals surface area (Å²) in [6, 6.07) is 0. The lowest BCUT2D eigenvalue weighted by molar-refractivity contribution is 0.0606. The molecule has 0 amide bonds. The van der Waals surface area contributed by atoms with Gasteiger partial charge in [0.05, 0.1) is 7.11 Å². The van der Waals surface area contributed by atoms with Gasteiger partial charge in [-0.2, -0.15) is 5.10 Å². The lowest BCUT2D eigenvalue weighted by atomic mass is 10.4. The molecule has 2 heterocycles. The van der Waals surface area contributed by atoms with E-state index in [2.05, 4.69) is 25.1 Å². The summed E-state index contributed by atoms with van der Waals surface area (Å²) in [7, 11) is 3.12. The normalized spacial score (nSPS) is 10.5. The number of hydrogen-bond donors (Lipinski definition) is 1. The third kappa shape index (κ3) is 3.42. The van der Waals surface area contributed by atoms with E-state index in [0.29, 0.717) is 23.0 Å².